The van der Waals surface area contributed by atoms with Crippen LogP contribution in [0.3, 0.4) is 0 Å². The molecule has 1 saturated heterocycles. The van der Waals surface area contributed by atoms with Gasteiger partial charge in [-0.15, -0.1) is 5.48 Å². The van der Waals surface area contributed by atoms with Gasteiger partial charge in [0, 0.05) is 22.6 Å². The van der Waals surface area contributed by atoms with E-state index in [0.717, 1.165) is 11.1 Å². The summed E-state index contributed by atoms with van der Waals surface area (Å²) >= 11 is 0. The topological polar surface area (TPSA) is 111 Å². The van der Waals surface area contributed by atoms with E-state index in [-0.39, 0.29) is 22.9 Å². The number of nitrogens with zero attached hydrogens (tertiary/aromatic N) is 2. The Morgan fingerprint density at radius 3 is 2.40 bits per heavy atom. The van der Waals surface area contributed by atoms with Gasteiger partial charge in [0.05, 0.1) is 12.1 Å². The van der Waals surface area contributed by atoms with Gasteiger partial charge in [0.1, 0.15) is 0 Å². The number of carbonyl (C=O) groups is 3. The number of para-hydroxylation sites is 1. The molecule has 0 bridgehead atoms. The van der Waals surface area contributed by atoms with E-state index in [1.807, 2.05) is 65.8 Å². The third kappa shape index (κ3) is 6.13. The van der Waals surface area contributed by atoms with E-state index < -0.39 is 30.9 Å². The lowest BCUT2D eigenvalue weighted by Gasteiger charge is -2.39. The van der Waals surface area contributed by atoms with Gasteiger partial charge in [0.25, 0.3) is 11.8 Å². The van der Waals surface area contributed by atoms with Gasteiger partial charge in [-0.05, 0) is 49.9 Å². The zero-order chi connectivity index (χ0) is 29.2. The van der Waals surface area contributed by atoms with Crippen LogP contribution in [0.2, 0.25) is 5.82 Å². The van der Waals surface area contributed by atoms with Gasteiger partial charge in [-0.25, -0.2) is 9.80 Å². The second kappa shape index (κ2) is 11.7. The van der Waals surface area contributed by atoms with E-state index in [1.165, 1.54) is 9.82 Å². The summed E-state index contributed by atoms with van der Waals surface area (Å²) in [5.41, 5.74) is 8.39. The number of fused-ring (bicyclic) bond motifs is 1. The summed E-state index contributed by atoms with van der Waals surface area (Å²) in [6, 6.07) is 13.4. The van der Waals surface area contributed by atoms with Crippen LogP contribution in [-0.2, 0) is 9.63 Å². The fraction of sp³-hybridized carbons (Fsp3) is 0.367. The van der Waals surface area contributed by atoms with Crippen LogP contribution in [0.4, 0.5) is 10.5 Å². The monoisotopic (exact) mass is 544 g/mol. The molecule has 40 heavy (non-hydrogen) atoms. The summed E-state index contributed by atoms with van der Waals surface area (Å²) in [5.74, 6) is -1.37. The average molecular weight is 544 g/mol. The van der Waals surface area contributed by atoms with Gasteiger partial charge >= 0.3 is 13.1 Å². The van der Waals surface area contributed by atoms with Gasteiger partial charge in [0.2, 0.25) is 0 Å². The van der Waals surface area contributed by atoms with Crippen LogP contribution < -0.4 is 15.7 Å². The van der Waals surface area contributed by atoms with Crippen molar-refractivity contribution in [1.82, 2.24) is 15.9 Å². The summed E-state index contributed by atoms with van der Waals surface area (Å²) in [7, 11) is -1.24. The molecule has 2 aliphatic rings. The molecule has 0 radical (unpaired) electrons. The van der Waals surface area contributed by atoms with Crippen molar-refractivity contribution in [2.24, 2.45) is 5.41 Å². The molecule has 9 nitrogen and oxygen atoms in total. The van der Waals surface area contributed by atoms with Gasteiger partial charge < -0.3 is 9.86 Å². The Morgan fingerprint density at radius 1 is 1.15 bits per heavy atom. The van der Waals surface area contributed by atoms with Crippen LogP contribution in [0.1, 0.15) is 55.6 Å². The Morgan fingerprint density at radius 2 is 1.80 bits per heavy atom. The highest BCUT2D eigenvalue weighted by Crippen LogP contribution is 2.32. The molecule has 4 rings (SSSR count). The molecular weight excluding hydrogens is 507 g/mol. The summed E-state index contributed by atoms with van der Waals surface area (Å²) in [5, 5.41) is 12.6. The van der Waals surface area contributed by atoms with Gasteiger partial charge in [0.15, 0.2) is 0 Å². The van der Waals surface area contributed by atoms with Crippen LogP contribution >= 0.6 is 0 Å². The second-order valence-corrected chi connectivity index (χ2v) is 11.5. The number of aryl methyl sites for hydroxylation is 2. The zero-order valence-electron chi connectivity index (χ0n) is 23.8. The van der Waals surface area contributed by atoms with Gasteiger partial charge in [-0.1, -0.05) is 81.3 Å². The van der Waals surface area contributed by atoms with Crippen molar-refractivity contribution in [2.45, 2.75) is 65.9 Å². The first-order valence-electron chi connectivity index (χ1n) is 13.5. The minimum Gasteiger partial charge on any atom is -0.432 e. The van der Waals surface area contributed by atoms with Crippen molar-refractivity contribution < 1.29 is 24.2 Å². The Kier molecular flexibility index (Phi) is 8.51. The first kappa shape index (κ1) is 29.1. The van der Waals surface area contributed by atoms with Crippen molar-refractivity contribution in [3.8, 4) is 0 Å². The predicted molar refractivity (Wildman–Crippen MR) is 155 cm³/mol. The number of hydrogen-bond donors (Lipinski definition) is 3. The molecule has 1 heterocycles. The molecule has 2 unspecified atom stereocenters. The Labute approximate surface area is 235 Å². The molecule has 0 aromatic heterocycles. The first-order valence-corrected chi connectivity index (χ1v) is 13.5. The van der Waals surface area contributed by atoms with E-state index in [0.29, 0.717) is 17.7 Å². The van der Waals surface area contributed by atoms with E-state index in [1.54, 1.807) is 42.5 Å². The molecule has 0 spiro atoms. The standard InChI is InChI=1S/C30H37BN4O5/c1-7-26(30(4,5)6)35(28(37)22-16-19(2)15-20(3)17-22)32-27(36)21-13-14-24-25(18-21)33-40-29(38)34(31(24)39)23-11-9-8-10-12-23/h8-18,24-26,33,39H,7H2,1-6H3,(H,32,36)/t24?,25-,26?/m0/s1. The third-order valence-electron chi connectivity index (χ3n) is 7.26. The molecule has 2 aromatic rings. The number of anilines is 1. The summed E-state index contributed by atoms with van der Waals surface area (Å²) in [6.45, 7) is 11.9. The average Bonchev–Trinajstić information content (AvgIpc) is 3.02. The summed E-state index contributed by atoms with van der Waals surface area (Å²) in [6.07, 6.45) is 4.73. The maximum Gasteiger partial charge on any atom is 0.432 e. The molecule has 3 N–H and O–H groups in total. The molecule has 10 heteroatoms. The molecule has 3 atom stereocenters. The normalized spacial score (nSPS) is 19.7. The van der Waals surface area contributed by atoms with Crippen LogP contribution in [0, 0.1) is 19.3 Å². The highest BCUT2D eigenvalue weighted by Gasteiger charge is 2.44. The second-order valence-electron chi connectivity index (χ2n) is 11.5. The lowest BCUT2D eigenvalue weighted by molar-refractivity contribution is -0.122. The molecular formula is C30H37BN4O5. The lowest BCUT2D eigenvalue weighted by Crippen LogP contribution is -2.56. The quantitative estimate of drug-likeness (QED) is 0.378. The summed E-state index contributed by atoms with van der Waals surface area (Å²) < 4.78 is 0. The van der Waals surface area contributed by atoms with Gasteiger partial charge in [-0.3, -0.25) is 19.8 Å². The molecule has 1 aliphatic heterocycles. The number of carbonyl (C=O) groups excluding carboxylic acids is 3. The molecule has 1 aliphatic carbocycles. The van der Waals surface area contributed by atoms with Crippen LogP contribution in [0.25, 0.3) is 0 Å². The van der Waals surface area contributed by atoms with Crippen molar-refractivity contribution in [3.63, 3.8) is 0 Å². The Bertz CT molecular complexity index is 1320. The minimum absolute atomic E-state index is 0.271. The number of benzene rings is 2. The maximum atomic E-state index is 13.8. The van der Waals surface area contributed by atoms with Crippen LogP contribution in [-0.4, -0.2) is 47.1 Å². The SMILES string of the molecule is CCC(N(NC(=O)C1=C[C@@H]2NOC(=O)N(c3ccccc3)B(O)C2C=C1)C(=O)c1cc(C)cc(C)c1)C(C)(C)C. The summed E-state index contributed by atoms with van der Waals surface area (Å²) in [4.78, 5) is 46.5. The fourth-order valence-corrected chi connectivity index (χ4v) is 5.40. The fourth-order valence-electron chi connectivity index (χ4n) is 5.40. The van der Waals surface area contributed by atoms with Crippen molar-refractivity contribution >= 4 is 30.6 Å². The highest BCUT2D eigenvalue weighted by atomic mass is 16.7. The number of hydroxylamine groups is 1. The molecule has 1 fully saturated rings. The van der Waals surface area contributed by atoms with E-state index in [9.17, 15) is 19.4 Å². The maximum absolute atomic E-state index is 13.8. The largest absolute Gasteiger partial charge is 0.432 e. The van der Waals surface area contributed by atoms with Crippen molar-refractivity contribution in [3.05, 3.63) is 89.0 Å². The highest BCUT2D eigenvalue weighted by molar-refractivity contribution is 6.62. The number of rotatable bonds is 5. The van der Waals surface area contributed by atoms with E-state index in [4.69, 9.17) is 4.84 Å². The lowest BCUT2D eigenvalue weighted by atomic mass is 9.60. The smallest absolute Gasteiger partial charge is 0.432 e. The van der Waals surface area contributed by atoms with Gasteiger partial charge in [-0.2, -0.15) is 0 Å². The predicted octanol–water partition coefficient (Wildman–Crippen LogP) is 4.48. The molecule has 0 saturated carbocycles. The number of nitrogens with one attached hydrogen (secondary N) is 2. The molecule has 210 valence electrons. The molecule has 2 aromatic carbocycles. The van der Waals surface area contributed by atoms with Crippen LogP contribution in [0.15, 0.2) is 72.3 Å². The number of hydrazine groups is 1. The van der Waals surface area contributed by atoms with Crippen LogP contribution in [0.5, 0.6) is 0 Å². The van der Waals surface area contributed by atoms with E-state index >= 15 is 0 Å². The minimum atomic E-state index is -1.24. The number of amides is 3. The first-order chi connectivity index (χ1) is 18.9. The molecule has 3 amide bonds. The number of hydrogen-bond acceptors (Lipinski definition) is 6. The Balaban J connectivity index is 1.60. The zero-order valence-corrected chi connectivity index (χ0v) is 23.8. The van der Waals surface area contributed by atoms with Crippen molar-refractivity contribution in [1.29, 1.82) is 0 Å². The van der Waals surface area contributed by atoms with Crippen molar-refractivity contribution in [2.75, 3.05) is 4.81 Å². The Hall–Kier alpha value is -3.89. The third-order valence-corrected chi connectivity index (χ3v) is 7.26. The van der Waals surface area contributed by atoms with E-state index in [2.05, 4.69) is 10.9 Å².